The van der Waals surface area contributed by atoms with Crippen molar-refractivity contribution in [2.45, 2.75) is 32.7 Å². The summed E-state index contributed by atoms with van der Waals surface area (Å²) in [4.78, 5) is 0. The second-order valence-corrected chi connectivity index (χ2v) is 4.72. The van der Waals surface area contributed by atoms with Crippen LogP contribution in [0.3, 0.4) is 0 Å². The Labute approximate surface area is 85.3 Å². The van der Waals surface area contributed by atoms with Crippen LogP contribution in [0.25, 0.3) is 0 Å². The number of hydrogen-bond donors (Lipinski definition) is 0. The number of hydrogen-bond acceptors (Lipinski definition) is 2. The summed E-state index contributed by atoms with van der Waals surface area (Å²) < 4.78 is 6.39. The minimum absolute atomic E-state index is 0.989. The van der Waals surface area contributed by atoms with Crippen molar-refractivity contribution in [2.24, 2.45) is 0 Å². The number of nitrogens with zero attached hydrogens (tertiary/aromatic N) is 2. The molecule has 2 heterocycles. The quantitative estimate of drug-likeness (QED) is 0.675. The average molecular weight is 195 g/mol. The Morgan fingerprint density at radius 1 is 1.36 bits per heavy atom. The van der Waals surface area contributed by atoms with E-state index in [0.717, 1.165) is 22.5 Å². The van der Waals surface area contributed by atoms with Crippen LogP contribution in [0.2, 0.25) is 0 Å². The van der Waals surface area contributed by atoms with Gasteiger partial charge in [0.1, 0.15) is 6.54 Å². The number of aromatic nitrogens is 1. The van der Waals surface area contributed by atoms with Gasteiger partial charge in [0.25, 0.3) is 0 Å². The third-order valence-corrected chi connectivity index (χ3v) is 3.11. The number of piperidine rings is 1. The van der Waals surface area contributed by atoms with Gasteiger partial charge in [-0.25, -0.2) is 0 Å². The average Bonchev–Trinajstić information content (AvgIpc) is 2.51. The molecule has 0 amide bonds. The van der Waals surface area contributed by atoms with Crippen molar-refractivity contribution >= 4 is 0 Å². The Hall–Kier alpha value is -0.830. The van der Waals surface area contributed by atoms with Gasteiger partial charge in [-0.3, -0.25) is 0 Å². The molecule has 0 radical (unpaired) electrons. The molecule has 3 heteroatoms. The van der Waals surface area contributed by atoms with Gasteiger partial charge in [0.2, 0.25) is 0 Å². The molecule has 0 saturated carbocycles. The molecule has 1 aliphatic heterocycles. The van der Waals surface area contributed by atoms with E-state index in [1.54, 1.807) is 0 Å². The molecular formula is C11H19N2O+. The monoisotopic (exact) mass is 195 g/mol. The first-order valence-electron chi connectivity index (χ1n) is 5.44. The molecule has 1 saturated heterocycles. The summed E-state index contributed by atoms with van der Waals surface area (Å²) in [6.07, 6.45) is 4.09. The highest BCUT2D eigenvalue weighted by Gasteiger charge is 2.26. The lowest BCUT2D eigenvalue weighted by molar-refractivity contribution is -0.927. The van der Waals surface area contributed by atoms with Crippen molar-refractivity contribution in [1.29, 1.82) is 0 Å². The number of aryl methyl sites for hydroxylation is 1. The van der Waals surface area contributed by atoms with Crippen molar-refractivity contribution in [3.05, 3.63) is 17.5 Å². The van der Waals surface area contributed by atoms with E-state index >= 15 is 0 Å². The molecule has 14 heavy (non-hydrogen) atoms. The van der Waals surface area contributed by atoms with Crippen LogP contribution in [0.1, 0.15) is 30.7 Å². The molecule has 1 fully saturated rings. The van der Waals surface area contributed by atoms with E-state index in [1.165, 1.54) is 32.4 Å². The molecule has 0 N–H and O–H groups in total. The van der Waals surface area contributed by atoms with Gasteiger partial charge in [-0.05, 0) is 26.2 Å². The number of likely N-dealkylation sites (tertiary alicyclic amines) is 1. The lowest BCUT2D eigenvalue weighted by Crippen LogP contribution is -2.46. The zero-order valence-electron chi connectivity index (χ0n) is 9.12. The Bertz CT molecular complexity index is 300. The van der Waals surface area contributed by atoms with E-state index in [1.807, 2.05) is 6.92 Å². The maximum absolute atomic E-state index is 5.27. The van der Waals surface area contributed by atoms with Gasteiger partial charge in [-0.2, -0.15) is 0 Å². The van der Waals surface area contributed by atoms with E-state index in [4.69, 9.17) is 4.52 Å². The van der Waals surface area contributed by atoms with Crippen LogP contribution in [0.4, 0.5) is 0 Å². The minimum atomic E-state index is 0.989. The van der Waals surface area contributed by atoms with Gasteiger partial charge >= 0.3 is 0 Å². The molecule has 0 atom stereocenters. The fourth-order valence-corrected chi connectivity index (χ4v) is 2.30. The zero-order chi connectivity index (χ0) is 10.0. The van der Waals surface area contributed by atoms with Gasteiger partial charge in [0.15, 0.2) is 5.76 Å². The normalized spacial score (nSPS) is 21.0. The second-order valence-electron chi connectivity index (χ2n) is 4.72. The van der Waals surface area contributed by atoms with E-state index in [-0.39, 0.29) is 0 Å². The summed E-state index contributed by atoms with van der Waals surface area (Å²) in [7, 11) is 2.32. The van der Waals surface area contributed by atoms with Crippen molar-refractivity contribution in [3.8, 4) is 0 Å². The van der Waals surface area contributed by atoms with Gasteiger partial charge in [-0.1, -0.05) is 5.16 Å². The Morgan fingerprint density at radius 2 is 2.07 bits per heavy atom. The highest BCUT2D eigenvalue weighted by molar-refractivity contribution is 5.01. The Balaban J connectivity index is 2.01. The van der Waals surface area contributed by atoms with Crippen LogP contribution in [0.15, 0.2) is 10.6 Å². The molecule has 0 spiro atoms. The fourth-order valence-electron chi connectivity index (χ4n) is 2.30. The molecule has 1 aliphatic rings. The predicted octanol–water partition coefficient (Wildman–Crippen LogP) is 2.11. The van der Waals surface area contributed by atoms with Gasteiger partial charge in [-0.15, -0.1) is 0 Å². The number of rotatable bonds is 2. The lowest BCUT2D eigenvalue weighted by atomic mass is 10.1. The van der Waals surface area contributed by atoms with E-state index in [0.29, 0.717) is 0 Å². The topological polar surface area (TPSA) is 26.0 Å². The van der Waals surface area contributed by atoms with Gasteiger partial charge in [0, 0.05) is 6.07 Å². The molecule has 0 aromatic carbocycles. The van der Waals surface area contributed by atoms with Crippen molar-refractivity contribution in [2.75, 3.05) is 20.1 Å². The summed E-state index contributed by atoms with van der Waals surface area (Å²) in [5.41, 5.74) is 0.989. The largest absolute Gasteiger partial charge is 0.355 e. The van der Waals surface area contributed by atoms with Crippen molar-refractivity contribution in [1.82, 2.24) is 5.16 Å². The van der Waals surface area contributed by atoms with Crippen LogP contribution >= 0.6 is 0 Å². The summed E-state index contributed by atoms with van der Waals surface area (Å²) >= 11 is 0. The molecule has 3 nitrogen and oxygen atoms in total. The summed E-state index contributed by atoms with van der Waals surface area (Å²) in [5.74, 6) is 1.03. The third-order valence-electron chi connectivity index (χ3n) is 3.11. The SMILES string of the molecule is Cc1cc(C[N+]2(C)CCCCC2)on1. The van der Waals surface area contributed by atoms with Crippen LogP contribution in [0.5, 0.6) is 0 Å². The molecule has 78 valence electrons. The summed E-state index contributed by atoms with van der Waals surface area (Å²) in [5, 5.41) is 3.93. The van der Waals surface area contributed by atoms with E-state index < -0.39 is 0 Å². The highest BCUT2D eigenvalue weighted by Crippen LogP contribution is 2.20. The highest BCUT2D eigenvalue weighted by atomic mass is 16.5. The first-order valence-corrected chi connectivity index (χ1v) is 5.44. The summed E-state index contributed by atoms with van der Waals surface area (Å²) in [6, 6.07) is 2.05. The molecule has 1 aromatic rings. The van der Waals surface area contributed by atoms with Gasteiger partial charge < -0.3 is 9.01 Å². The predicted molar refractivity (Wildman–Crippen MR) is 54.7 cm³/mol. The Kier molecular flexibility index (Phi) is 2.59. The molecular weight excluding hydrogens is 176 g/mol. The van der Waals surface area contributed by atoms with E-state index in [2.05, 4.69) is 18.3 Å². The van der Waals surface area contributed by atoms with Crippen LogP contribution < -0.4 is 0 Å². The lowest BCUT2D eigenvalue weighted by Gasteiger charge is -2.36. The Morgan fingerprint density at radius 3 is 2.64 bits per heavy atom. The van der Waals surface area contributed by atoms with Crippen molar-refractivity contribution in [3.63, 3.8) is 0 Å². The first-order chi connectivity index (χ1) is 6.68. The molecule has 0 bridgehead atoms. The minimum Gasteiger partial charge on any atom is -0.355 e. The summed E-state index contributed by atoms with van der Waals surface area (Å²) in [6.45, 7) is 5.53. The van der Waals surface area contributed by atoms with Gasteiger partial charge in [0.05, 0.1) is 25.8 Å². The van der Waals surface area contributed by atoms with Crippen LogP contribution in [-0.2, 0) is 6.54 Å². The van der Waals surface area contributed by atoms with Crippen LogP contribution in [-0.4, -0.2) is 29.8 Å². The first kappa shape index (κ1) is 9.71. The molecule has 0 aliphatic carbocycles. The molecule has 0 unspecified atom stereocenters. The molecule has 2 rings (SSSR count). The zero-order valence-corrected chi connectivity index (χ0v) is 9.12. The van der Waals surface area contributed by atoms with Crippen molar-refractivity contribution < 1.29 is 9.01 Å². The smallest absolute Gasteiger partial charge is 0.191 e. The fraction of sp³-hybridized carbons (Fsp3) is 0.727. The maximum Gasteiger partial charge on any atom is 0.191 e. The maximum atomic E-state index is 5.27. The molecule has 1 aromatic heterocycles. The van der Waals surface area contributed by atoms with E-state index in [9.17, 15) is 0 Å². The van der Waals surface area contributed by atoms with Crippen LogP contribution in [0, 0.1) is 6.92 Å². The standard InChI is InChI=1S/C11H19N2O/c1-10-8-11(14-12-10)9-13(2)6-4-3-5-7-13/h8H,3-7,9H2,1-2H3/q+1. The second kappa shape index (κ2) is 3.73. The third kappa shape index (κ3) is 2.15. The number of quaternary nitrogens is 1.